The lowest BCUT2D eigenvalue weighted by molar-refractivity contribution is -0.126. The number of hydrogen-bond acceptors (Lipinski definition) is 3. The van der Waals surface area contributed by atoms with Crippen molar-refractivity contribution in [3.8, 4) is 0 Å². The normalized spacial score (nSPS) is 20.2. The minimum atomic E-state index is -0.324. The lowest BCUT2D eigenvalue weighted by Crippen LogP contribution is -2.50. The number of nitrogens with zero attached hydrogens (tertiary/aromatic N) is 2. The van der Waals surface area contributed by atoms with Gasteiger partial charge in [0.2, 0.25) is 11.8 Å². The summed E-state index contributed by atoms with van der Waals surface area (Å²) >= 11 is 0. The van der Waals surface area contributed by atoms with Crippen LogP contribution in [0.25, 0.3) is 6.08 Å². The van der Waals surface area contributed by atoms with Gasteiger partial charge in [-0.15, -0.1) is 0 Å². The smallest absolute Gasteiger partial charge is 0.224 e. The largest absolute Gasteiger partial charge is 0.351 e. The Kier molecular flexibility index (Phi) is 5.46. The van der Waals surface area contributed by atoms with Gasteiger partial charge in [-0.25, -0.2) is 4.39 Å². The molecule has 6 nitrogen and oxygen atoms in total. The van der Waals surface area contributed by atoms with Crippen molar-refractivity contribution in [3.63, 3.8) is 0 Å². The maximum absolute atomic E-state index is 13.6. The highest BCUT2D eigenvalue weighted by molar-refractivity contribution is 5.81. The Bertz CT molecular complexity index is 830. The van der Waals surface area contributed by atoms with Crippen molar-refractivity contribution in [2.45, 2.75) is 31.3 Å². The number of hydrogen-bond donors (Lipinski definition) is 2. The van der Waals surface area contributed by atoms with Crippen LogP contribution < -0.4 is 10.6 Å². The van der Waals surface area contributed by atoms with Crippen LogP contribution in [0.1, 0.15) is 36.6 Å². The summed E-state index contributed by atoms with van der Waals surface area (Å²) in [5.41, 5.74) is 1.28. The molecule has 1 aliphatic rings. The summed E-state index contributed by atoms with van der Waals surface area (Å²) < 4.78 is 15.3. The SMILES string of the molecule is Cn1nccc1[C@@H]1NC(=O)CC[C@H]1NC(=O)C/C=C/c1ccccc1F. The van der Waals surface area contributed by atoms with Crippen LogP contribution in [0.5, 0.6) is 0 Å². The van der Waals surface area contributed by atoms with E-state index in [9.17, 15) is 14.0 Å². The van der Waals surface area contributed by atoms with E-state index in [1.807, 2.05) is 6.07 Å². The van der Waals surface area contributed by atoms with Crippen LogP contribution in [0.4, 0.5) is 4.39 Å². The van der Waals surface area contributed by atoms with Gasteiger partial charge in [0.1, 0.15) is 5.82 Å². The van der Waals surface area contributed by atoms with Crippen LogP contribution in [0.2, 0.25) is 0 Å². The van der Waals surface area contributed by atoms with Crippen molar-refractivity contribution < 1.29 is 14.0 Å². The van der Waals surface area contributed by atoms with Crippen LogP contribution >= 0.6 is 0 Å². The third-order valence-electron chi connectivity index (χ3n) is 4.43. The van der Waals surface area contributed by atoms with E-state index in [2.05, 4.69) is 15.7 Å². The van der Waals surface area contributed by atoms with Crippen LogP contribution in [0.15, 0.2) is 42.6 Å². The maximum Gasteiger partial charge on any atom is 0.224 e. The molecule has 2 amide bonds. The first kappa shape index (κ1) is 17.8. The molecular weight excluding hydrogens is 335 g/mol. The van der Waals surface area contributed by atoms with Crippen LogP contribution in [-0.4, -0.2) is 27.6 Å². The molecule has 0 radical (unpaired) electrons. The lowest BCUT2D eigenvalue weighted by atomic mass is 9.95. The second-order valence-electron chi connectivity index (χ2n) is 6.27. The summed E-state index contributed by atoms with van der Waals surface area (Å²) in [6, 6.07) is 7.69. The van der Waals surface area contributed by atoms with Gasteiger partial charge in [0.15, 0.2) is 0 Å². The van der Waals surface area contributed by atoms with Crippen molar-refractivity contribution in [3.05, 3.63) is 59.7 Å². The van der Waals surface area contributed by atoms with E-state index in [-0.39, 0.29) is 36.1 Å². The quantitative estimate of drug-likeness (QED) is 0.861. The Morgan fingerprint density at radius 1 is 1.42 bits per heavy atom. The molecule has 0 saturated carbocycles. The summed E-state index contributed by atoms with van der Waals surface area (Å²) in [4.78, 5) is 24.0. The summed E-state index contributed by atoms with van der Waals surface area (Å²) in [5, 5.41) is 10.0. The molecule has 2 heterocycles. The molecule has 1 aromatic heterocycles. The zero-order chi connectivity index (χ0) is 18.5. The van der Waals surface area contributed by atoms with Gasteiger partial charge in [-0.05, 0) is 18.6 Å². The number of nitrogens with one attached hydrogen (secondary N) is 2. The van der Waals surface area contributed by atoms with Gasteiger partial charge in [-0.1, -0.05) is 30.4 Å². The molecule has 1 fully saturated rings. The number of carbonyl (C=O) groups excluding carboxylic acids is 2. The average Bonchev–Trinajstić information content (AvgIpc) is 3.04. The molecule has 26 heavy (non-hydrogen) atoms. The second kappa shape index (κ2) is 7.95. The van der Waals surface area contributed by atoms with Crippen molar-refractivity contribution in [1.82, 2.24) is 20.4 Å². The molecule has 1 aliphatic heterocycles. The lowest BCUT2D eigenvalue weighted by Gasteiger charge is -2.32. The molecule has 7 heteroatoms. The average molecular weight is 356 g/mol. The topological polar surface area (TPSA) is 76.0 Å². The van der Waals surface area contributed by atoms with E-state index in [0.717, 1.165) is 5.69 Å². The van der Waals surface area contributed by atoms with E-state index in [4.69, 9.17) is 0 Å². The monoisotopic (exact) mass is 356 g/mol. The van der Waals surface area contributed by atoms with Gasteiger partial charge in [0.25, 0.3) is 0 Å². The van der Waals surface area contributed by atoms with Crippen LogP contribution in [0.3, 0.4) is 0 Å². The zero-order valence-corrected chi connectivity index (χ0v) is 14.5. The van der Waals surface area contributed by atoms with E-state index in [1.165, 1.54) is 6.07 Å². The summed E-state index contributed by atoms with van der Waals surface area (Å²) in [7, 11) is 1.80. The first-order valence-corrected chi connectivity index (χ1v) is 8.52. The fourth-order valence-electron chi connectivity index (χ4n) is 3.09. The Morgan fingerprint density at radius 3 is 2.96 bits per heavy atom. The van der Waals surface area contributed by atoms with Gasteiger partial charge >= 0.3 is 0 Å². The van der Waals surface area contributed by atoms with Crippen LogP contribution in [-0.2, 0) is 16.6 Å². The highest BCUT2D eigenvalue weighted by Crippen LogP contribution is 2.23. The molecule has 3 rings (SSSR count). The molecule has 1 aromatic carbocycles. The Labute approximate surface area is 151 Å². The minimum absolute atomic E-state index is 0.0406. The van der Waals surface area contributed by atoms with Crippen molar-refractivity contribution in [2.75, 3.05) is 0 Å². The molecule has 0 unspecified atom stereocenters. The minimum Gasteiger partial charge on any atom is -0.351 e. The predicted molar refractivity (Wildman–Crippen MR) is 95.3 cm³/mol. The number of rotatable bonds is 5. The molecule has 0 aliphatic carbocycles. The Morgan fingerprint density at radius 2 is 2.23 bits per heavy atom. The first-order chi connectivity index (χ1) is 12.5. The highest BCUT2D eigenvalue weighted by Gasteiger charge is 2.32. The Balaban J connectivity index is 1.63. The molecule has 2 N–H and O–H groups in total. The van der Waals surface area contributed by atoms with Crippen LogP contribution in [0, 0.1) is 5.82 Å². The Hall–Kier alpha value is -2.96. The third-order valence-corrected chi connectivity index (χ3v) is 4.43. The van der Waals surface area contributed by atoms with Gasteiger partial charge in [0.05, 0.1) is 17.8 Å². The molecule has 2 atom stereocenters. The third kappa shape index (κ3) is 4.17. The first-order valence-electron chi connectivity index (χ1n) is 8.52. The fraction of sp³-hybridized carbons (Fsp3) is 0.316. The number of aryl methyl sites for hydroxylation is 1. The molecular formula is C19H21FN4O2. The number of halogens is 1. The molecule has 0 spiro atoms. The maximum atomic E-state index is 13.6. The molecule has 136 valence electrons. The molecule has 0 bridgehead atoms. The highest BCUT2D eigenvalue weighted by atomic mass is 19.1. The van der Waals surface area contributed by atoms with Crippen molar-refractivity contribution in [2.24, 2.45) is 7.05 Å². The van der Waals surface area contributed by atoms with Crippen molar-refractivity contribution >= 4 is 17.9 Å². The zero-order valence-electron chi connectivity index (χ0n) is 14.5. The fourth-order valence-corrected chi connectivity index (χ4v) is 3.09. The predicted octanol–water partition coefficient (Wildman–Crippen LogP) is 2.10. The molecule has 1 saturated heterocycles. The number of carbonyl (C=O) groups is 2. The van der Waals surface area contributed by atoms with Gasteiger partial charge in [-0.2, -0.15) is 5.10 Å². The summed E-state index contributed by atoms with van der Waals surface area (Å²) in [5.74, 6) is -0.539. The molecule has 2 aromatic rings. The summed E-state index contributed by atoms with van der Waals surface area (Å²) in [6.07, 6.45) is 5.95. The van der Waals surface area contributed by atoms with Crippen molar-refractivity contribution in [1.29, 1.82) is 0 Å². The van der Waals surface area contributed by atoms with Gasteiger partial charge in [0, 0.05) is 31.6 Å². The standard InChI is InChI=1S/C19H21FN4O2/c1-24-16(11-12-21-24)19-15(9-10-18(26)23-19)22-17(25)8-4-6-13-5-2-3-7-14(13)20/h2-7,11-12,15,19H,8-10H2,1H3,(H,22,25)(H,23,26)/b6-4+/t15-,19-/m1/s1. The van der Waals surface area contributed by atoms with E-state index in [0.29, 0.717) is 18.4 Å². The number of amides is 2. The summed E-state index contributed by atoms with van der Waals surface area (Å²) in [6.45, 7) is 0. The van der Waals surface area contributed by atoms with Gasteiger partial charge < -0.3 is 10.6 Å². The van der Waals surface area contributed by atoms with Gasteiger partial charge in [-0.3, -0.25) is 14.3 Å². The van der Waals surface area contributed by atoms with E-state index >= 15 is 0 Å². The second-order valence-corrected chi connectivity index (χ2v) is 6.27. The number of aromatic nitrogens is 2. The van der Waals surface area contributed by atoms with E-state index < -0.39 is 0 Å². The number of piperidine rings is 1. The van der Waals surface area contributed by atoms with E-state index in [1.54, 1.807) is 48.3 Å². The number of benzene rings is 1.